The Morgan fingerprint density at radius 1 is 1.09 bits per heavy atom. The SMILES string of the molecule is CC(=O)NN(C)c1cc(OCCNc2ccncc2)cc(C)c1S(=O)(=O)c1ccccc1. The molecule has 0 radical (unpaired) electrons. The Hall–Kier alpha value is -3.59. The molecule has 0 aliphatic heterocycles. The number of amides is 1. The molecule has 0 fully saturated rings. The van der Waals surface area contributed by atoms with Crippen LogP contribution in [-0.4, -0.2) is 39.5 Å². The van der Waals surface area contributed by atoms with Gasteiger partial charge in [-0.15, -0.1) is 0 Å². The maximum absolute atomic E-state index is 13.4. The fourth-order valence-electron chi connectivity index (χ4n) is 3.25. The minimum absolute atomic E-state index is 0.113. The summed E-state index contributed by atoms with van der Waals surface area (Å²) in [6.07, 6.45) is 3.39. The summed E-state index contributed by atoms with van der Waals surface area (Å²) in [5.41, 5.74) is 4.38. The third kappa shape index (κ3) is 5.55. The van der Waals surface area contributed by atoms with Crippen molar-refractivity contribution in [2.45, 2.75) is 23.6 Å². The molecule has 9 heteroatoms. The molecular weight excluding hydrogens is 428 g/mol. The number of hydrogen-bond donors (Lipinski definition) is 2. The van der Waals surface area contributed by atoms with E-state index in [4.69, 9.17) is 4.74 Å². The molecule has 0 aliphatic rings. The van der Waals surface area contributed by atoms with Crippen molar-refractivity contribution in [1.29, 1.82) is 0 Å². The van der Waals surface area contributed by atoms with Crippen LogP contribution in [-0.2, 0) is 14.6 Å². The van der Waals surface area contributed by atoms with Gasteiger partial charge in [-0.2, -0.15) is 0 Å². The van der Waals surface area contributed by atoms with Gasteiger partial charge in [0.2, 0.25) is 15.7 Å². The van der Waals surface area contributed by atoms with E-state index in [0.717, 1.165) is 5.69 Å². The first-order valence-corrected chi connectivity index (χ1v) is 11.5. The average Bonchev–Trinajstić information content (AvgIpc) is 2.77. The summed E-state index contributed by atoms with van der Waals surface area (Å²) in [5, 5.41) is 4.62. The highest BCUT2D eigenvalue weighted by atomic mass is 32.2. The van der Waals surface area contributed by atoms with Crippen LogP contribution in [0.4, 0.5) is 11.4 Å². The number of carbonyl (C=O) groups excluding carboxylic acids is 1. The van der Waals surface area contributed by atoms with Crippen LogP contribution >= 0.6 is 0 Å². The number of sulfone groups is 1. The van der Waals surface area contributed by atoms with Crippen LogP contribution in [0.5, 0.6) is 5.75 Å². The Labute approximate surface area is 188 Å². The van der Waals surface area contributed by atoms with E-state index >= 15 is 0 Å². The number of benzene rings is 2. The van der Waals surface area contributed by atoms with E-state index in [1.807, 2.05) is 12.1 Å². The van der Waals surface area contributed by atoms with E-state index in [1.54, 1.807) is 68.8 Å². The van der Waals surface area contributed by atoms with E-state index in [2.05, 4.69) is 15.7 Å². The molecule has 1 heterocycles. The summed E-state index contributed by atoms with van der Waals surface area (Å²) >= 11 is 0. The number of hydrogen-bond acceptors (Lipinski definition) is 7. The van der Waals surface area contributed by atoms with E-state index in [-0.39, 0.29) is 15.7 Å². The standard InChI is InChI=1S/C23H26N4O4S/c1-17-15-20(31-14-13-25-19-9-11-24-12-10-19)16-22(27(3)26-18(2)28)23(17)32(29,30)21-7-5-4-6-8-21/h4-12,15-16H,13-14H2,1-3H3,(H,24,25)(H,26,28). The molecule has 0 unspecified atom stereocenters. The first kappa shape index (κ1) is 23.1. The highest BCUT2D eigenvalue weighted by Crippen LogP contribution is 2.35. The summed E-state index contributed by atoms with van der Waals surface area (Å²) < 4.78 is 32.7. The van der Waals surface area contributed by atoms with Gasteiger partial charge in [-0.3, -0.25) is 20.2 Å². The predicted molar refractivity (Wildman–Crippen MR) is 124 cm³/mol. The van der Waals surface area contributed by atoms with Gasteiger partial charge in [0, 0.05) is 44.7 Å². The maximum Gasteiger partial charge on any atom is 0.235 e. The van der Waals surface area contributed by atoms with Crippen molar-refractivity contribution in [2.75, 3.05) is 30.5 Å². The Morgan fingerprint density at radius 3 is 2.44 bits per heavy atom. The summed E-state index contributed by atoms with van der Waals surface area (Å²) in [5.74, 6) is 0.180. The van der Waals surface area contributed by atoms with E-state index < -0.39 is 9.84 Å². The molecule has 0 atom stereocenters. The van der Waals surface area contributed by atoms with Crippen molar-refractivity contribution in [2.24, 2.45) is 0 Å². The maximum atomic E-state index is 13.4. The summed E-state index contributed by atoms with van der Waals surface area (Å²) in [7, 11) is -2.23. The van der Waals surface area contributed by atoms with E-state index in [9.17, 15) is 13.2 Å². The lowest BCUT2D eigenvalue weighted by atomic mass is 10.2. The number of carbonyl (C=O) groups is 1. The molecule has 32 heavy (non-hydrogen) atoms. The zero-order valence-corrected chi connectivity index (χ0v) is 19.0. The monoisotopic (exact) mass is 454 g/mol. The van der Waals surface area contributed by atoms with Crippen LogP contribution < -0.4 is 20.5 Å². The Kier molecular flexibility index (Phi) is 7.32. The second-order valence-corrected chi connectivity index (χ2v) is 9.03. The van der Waals surface area contributed by atoms with Crippen LogP contribution in [0, 0.1) is 6.92 Å². The van der Waals surface area contributed by atoms with Gasteiger partial charge in [-0.1, -0.05) is 18.2 Å². The van der Waals surface area contributed by atoms with Crippen molar-refractivity contribution < 1.29 is 17.9 Å². The van der Waals surface area contributed by atoms with E-state index in [1.165, 1.54) is 11.9 Å². The van der Waals surface area contributed by atoms with Gasteiger partial charge in [-0.05, 0) is 42.8 Å². The number of nitrogens with one attached hydrogen (secondary N) is 2. The van der Waals surface area contributed by atoms with Crippen LogP contribution in [0.25, 0.3) is 0 Å². The average molecular weight is 455 g/mol. The van der Waals surface area contributed by atoms with Gasteiger partial charge in [-0.25, -0.2) is 8.42 Å². The quantitative estimate of drug-likeness (QED) is 0.378. The fraction of sp³-hybridized carbons (Fsp3) is 0.217. The summed E-state index contributed by atoms with van der Waals surface area (Å²) in [4.78, 5) is 15.9. The van der Waals surface area contributed by atoms with Crippen molar-refractivity contribution in [3.05, 3.63) is 72.6 Å². The Bertz CT molecular complexity index is 1170. The van der Waals surface area contributed by atoms with Crippen molar-refractivity contribution in [1.82, 2.24) is 10.4 Å². The molecule has 0 saturated heterocycles. The zero-order chi connectivity index (χ0) is 23.1. The number of anilines is 2. The summed E-state index contributed by atoms with van der Waals surface area (Å²) in [6, 6.07) is 15.2. The minimum Gasteiger partial charge on any atom is -0.492 e. The van der Waals surface area contributed by atoms with Crippen LogP contribution in [0.15, 0.2) is 76.8 Å². The van der Waals surface area contributed by atoms with Gasteiger partial charge >= 0.3 is 0 Å². The van der Waals surface area contributed by atoms with Gasteiger partial charge < -0.3 is 10.1 Å². The molecule has 1 amide bonds. The van der Waals surface area contributed by atoms with Crippen LogP contribution in [0.1, 0.15) is 12.5 Å². The Balaban J connectivity index is 1.89. The Morgan fingerprint density at radius 2 is 1.78 bits per heavy atom. The number of rotatable bonds is 9. The lowest BCUT2D eigenvalue weighted by Crippen LogP contribution is -2.38. The topological polar surface area (TPSA) is 101 Å². The number of aryl methyl sites for hydroxylation is 1. The van der Waals surface area contributed by atoms with Gasteiger partial charge in [0.25, 0.3) is 0 Å². The third-order valence-electron chi connectivity index (χ3n) is 4.62. The molecule has 1 aromatic heterocycles. The van der Waals surface area contributed by atoms with Crippen LogP contribution in [0.2, 0.25) is 0 Å². The normalized spacial score (nSPS) is 11.0. The second kappa shape index (κ2) is 10.1. The number of aromatic nitrogens is 1. The third-order valence-corrected chi connectivity index (χ3v) is 6.58. The van der Waals surface area contributed by atoms with Crippen molar-refractivity contribution >= 4 is 27.1 Å². The predicted octanol–water partition coefficient (Wildman–Crippen LogP) is 3.20. The smallest absolute Gasteiger partial charge is 0.235 e. The largest absolute Gasteiger partial charge is 0.492 e. The van der Waals surface area contributed by atoms with Gasteiger partial charge in [0.05, 0.1) is 15.5 Å². The first-order chi connectivity index (χ1) is 15.3. The van der Waals surface area contributed by atoms with Gasteiger partial charge in [0.1, 0.15) is 12.4 Å². The van der Waals surface area contributed by atoms with Crippen molar-refractivity contribution in [3.63, 3.8) is 0 Å². The molecule has 0 saturated carbocycles. The van der Waals surface area contributed by atoms with E-state index in [0.29, 0.717) is 30.2 Å². The van der Waals surface area contributed by atoms with Gasteiger partial charge in [0.15, 0.2) is 0 Å². The molecule has 3 aromatic rings. The molecule has 8 nitrogen and oxygen atoms in total. The molecular formula is C23H26N4O4S. The number of hydrazine groups is 1. The molecule has 0 spiro atoms. The lowest BCUT2D eigenvalue weighted by Gasteiger charge is -2.24. The molecule has 0 bridgehead atoms. The zero-order valence-electron chi connectivity index (χ0n) is 18.2. The summed E-state index contributed by atoms with van der Waals surface area (Å²) in [6.45, 7) is 3.97. The fourth-order valence-corrected chi connectivity index (χ4v) is 4.96. The highest BCUT2D eigenvalue weighted by Gasteiger charge is 2.26. The second-order valence-electron chi connectivity index (χ2n) is 7.14. The highest BCUT2D eigenvalue weighted by molar-refractivity contribution is 7.91. The van der Waals surface area contributed by atoms with Crippen molar-refractivity contribution in [3.8, 4) is 5.75 Å². The molecule has 3 rings (SSSR count). The van der Waals surface area contributed by atoms with Crippen LogP contribution in [0.3, 0.4) is 0 Å². The first-order valence-electron chi connectivity index (χ1n) is 10.0. The molecule has 0 aliphatic carbocycles. The number of nitrogens with zero attached hydrogens (tertiary/aromatic N) is 2. The molecule has 168 valence electrons. The molecule has 2 N–H and O–H groups in total. The number of ether oxygens (including phenoxy) is 1. The minimum atomic E-state index is -3.83. The number of pyridine rings is 1. The lowest BCUT2D eigenvalue weighted by molar-refractivity contribution is -0.119. The molecule has 2 aromatic carbocycles.